The van der Waals surface area contributed by atoms with Crippen molar-refractivity contribution in [1.29, 1.82) is 0 Å². The summed E-state index contributed by atoms with van der Waals surface area (Å²) < 4.78 is 0. The van der Waals surface area contributed by atoms with Crippen LogP contribution in [-0.4, -0.2) is 17.1 Å². The number of benzene rings is 1. The number of aliphatic hydroxyl groups excluding tert-OH is 1. The van der Waals surface area contributed by atoms with E-state index in [1.807, 2.05) is 24.1 Å². The van der Waals surface area contributed by atoms with E-state index >= 15 is 0 Å². The zero-order valence-corrected chi connectivity index (χ0v) is 10.8. The number of aryl methyl sites for hydroxylation is 1. The number of aliphatic hydroxyl groups is 1. The second-order valence-electron chi connectivity index (χ2n) is 4.26. The highest BCUT2D eigenvalue weighted by molar-refractivity contribution is 5.59. The van der Waals surface area contributed by atoms with Gasteiger partial charge in [-0.1, -0.05) is 19.1 Å². The Hall–Kier alpha value is -1.87. The lowest BCUT2D eigenvalue weighted by atomic mass is 10.1. The monoisotopic (exact) mass is 242 g/mol. The summed E-state index contributed by atoms with van der Waals surface area (Å²) >= 11 is 0. The van der Waals surface area contributed by atoms with Crippen molar-refractivity contribution < 1.29 is 5.11 Å². The molecular weight excluding hydrogens is 224 g/mol. The van der Waals surface area contributed by atoms with Gasteiger partial charge in [-0.05, 0) is 41.8 Å². The van der Waals surface area contributed by atoms with E-state index in [4.69, 9.17) is 5.11 Å². The lowest BCUT2D eigenvalue weighted by molar-refractivity contribution is 0.282. The van der Waals surface area contributed by atoms with Gasteiger partial charge in [-0.3, -0.25) is 0 Å². The molecule has 2 rings (SSSR count). The van der Waals surface area contributed by atoms with Gasteiger partial charge in [0, 0.05) is 18.9 Å². The fraction of sp³-hybridized carbons (Fsp3) is 0.267. The SMILES string of the molecule is CCc1ccc(N(C)c2cc(CO)ccn2)cc1. The Morgan fingerprint density at radius 3 is 2.44 bits per heavy atom. The molecule has 3 heteroatoms. The van der Waals surface area contributed by atoms with Crippen LogP contribution in [0.25, 0.3) is 0 Å². The van der Waals surface area contributed by atoms with E-state index < -0.39 is 0 Å². The molecule has 3 nitrogen and oxygen atoms in total. The zero-order chi connectivity index (χ0) is 13.0. The lowest BCUT2D eigenvalue weighted by Gasteiger charge is -2.19. The molecule has 0 saturated carbocycles. The second kappa shape index (κ2) is 5.65. The molecule has 0 saturated heterocycles. The molecule has 0 unspecified atom stereocenters. The van der Waals surface area contributed by atoms with Crippen LogP contribution < -0.4 is 4.90 Å². The summed E-state index contributed by atoms with van der Waals surface area (Å²) in [6.45, 7) is 2.18. The van der Waals surface area contributed by atoms with E-state index in [2.05, 4.69) is 36.2 Å². The summed E-state index contributed by atoms with van der Waals surface area (Å²) in [5, 5.41) is 9.14. The molecule has 1 aromatic carbocycles. The Balaban J connectivity index is 2.25. The van der Waals surface area contributed by atoms with Gasteiger partial charge in [0.25, 0.3) is 0 Å². The Bertz CT molecular complexity index is 508. The van der Waals surface area contributed by atoms with Crippen LogP contribution in [0.15, 0.2) is 42.6 Å². The molecule has 1 aromatic heterocycles. The van der Waals surface area contributed by atoms with Crippen molar-refractivity contribution in [3.05, 3.63) is 53.7 Å². The molecule has 1 N–H and O–H groups in total. The van der Waals surface area contributed by atoms with Crippen LogP contribution in [0.3, 0.4) is 0 Å². The van der Waals surface area contributed by atoms with Crippen molar-refractivity contribution in [2.75, 3.05) is 11.9 Å². The highest BCUT2D eigenvalue weighted by atomic mass is 16.3. The van der Waals surface area contributed by atoms with Gasteiger partial charge in [-0.15, -0.1) is 0 Å². The Morgan fingerprint density at radius 1 is 1.11 bits per heavy atom. The first-order valence-corrected chi connectivity index (χ1v) is 6.13. The largest absolute Gasteiger partial charge is 0.392 e. The lowest BCUT2D eigenvalue weighted by Crippen LogP contribution is -2.11. The highest BCUT2D eigenvalue weighted by Gasteiger charge is 2.05. The third-order valence-electron chi connectivity index (χ3n) is 3.07. The van der Waals surface area contributed by atoms with Crippen LogP contribution >= 0.6 is 0 Å². The van der Waals surface area contributed by atoms with E-state index in [0.29, 0.717) is 0 Å². The van der Waals surface area contributed by atoms with Crippen molar-refractivity contribution in [2.45, 2.75) is 20.0 Å². The first-order chi connectivity index (χ1) is 8.74. The van der Waals surface area contributed by atoms with Gasteiger partial charge < -0.3 is 10.0 Å². The molecule has 2 aromatic rings. The smallest absolute Gasteiger partial charge is 0.132 e. The van der Waals surface area contributed by atoms with Crippen molar-refractivity contribution >= 4 is 11.5 Å². The van der Waals surface area contributed by atoms with E-state index in [0.717, 1.165) is 23.5 Å². The molecule has 0 spiro atoms. The van der Waals surface area contributed by atoms with Crippen molar-refractivity contribution in [3.8, 4) is 0 Å². The first-order valence-electron chi connectivity index (χ1n) is 6.13. The van der Waals surface area contributed by atoms with Crippen LogP contribution in [0.5, 0.6) is 0 Å². The molecule has 0 bridgehead atoms. The standard InChI is InChI=1S/C15H18N2O/c1-3-12-4-6-14(7-5-12)17(2)15-10-13(11-18)8-9-16-15/h4-10,18H,3,11H2,1-2H3. The van der Waals surface area contributed by atoms with Gasteiger partial charge in [0.2, 0.25) is 0 Å². The van der Waals surface area contributed by atoms with Crippen LogP contribution in [0.4, 0.5) is 11.5 Å². The predicted octanol–water partition coefficient (Wildman–Crippen LogP) is 2.90. The molecule has 0 fully saturated rings. The number of aromatic nitrogens is 1. The topological polar surface area (TPSA) is 36.4 Å². The zero-order valence-electron chi connectivity index (χ0n) is 10.8. The molecule has 0 atom stereocenters. The molecule has 18 heavy (non-hydrogen) atoms. The predicted molar refractivity (Wildman–Crippen MR) is 74.0 cm³/mol. The molecule has 0 aliphatic carbocycles. The second-order valence-corrected chi connectivity index (χ2v) is 4.26. The number of rotatable bonds is 4. The number of nitrogens with zero attached hydrogens (tertiary/aromatic N) is 2. The van der Waals surface area contributed by atoms with Gasteiger partial charge >= 0.3 is 0 Å². The average molecular weight is 242 g/mol. The maximum absolute atomic E-state index is 9.14. The van der Waals surface area contributed by atoms with Crippen molar-refractivity contribution in [1.82, 2.24) is 4.98 Å². The number of anilines is 2. The number of pyridine rings is 1. The average Bonchev–Trinajstić information content (AvgIpc) is 2.46. The molecular formula is C15H18N2O. The molecule has 0 amide bonds. The third-order valence-corrected chi connectivity index (χ3v) is 3.07. The maximum Gasteiger partial charge on any atom is 0.132 e. The fourth-order valence-corrected chi connectivity index (χ4v) is 1.83. The van der Waals surface area contributed by atoms with Crippen molar-refractivity contribution in [3.63, 3.8) is 0 Å². The fourth-order valence-electron chi connectivity index (χ4n) is 1.83. The van der Waals surface area contributed by atoms with Gasteiger partial charge in [0.15, 0.2) is 0 Å². The first kappa shape index (κ1) is 12.6. The van der Waals surface area contributed by atoms with E-state index in [1.165, 1.54) is 5.56 Å². The number of hydrogen-bond donors (Lipinski definition) is 1. The van der Waals surface area contributed by atoms with Crippen LogP contribution in [0, 0.1) is 0 Å². The molecule has 94 valence electrons. The Morgan fingerprint density at radius 2 is 1.83 bits per heavy atom. The van der Waals surface area contributed by atoms with Gasteiger partial charge in [-0.25, -0.2) is 4.98 Å². The van der Waals surface area contributed by atoms with Gasteiger partial charge in [0.1, 0.15) is 5.82 Å². The summed E-state index contributed by atoms with van der Waals surface area (Å²) in [6, 6.07) is 12.1. The van der Waals surface area contributed by atoms with E-state index in [9.17, 15) is 0 Å². The normalized spacial score (nSPS) is 10.4. The minimum absolute atomic E-state index is 0.0398. The van der Waals surface area contributed by atoms with Crippen LogP contribution in [0.2, 0.25) is 0 Å². The van der Waals surface area contributed by atoms with Crippen LogP contribution in [0.1, 0.15) is 18.1 Å². The molecule has 1 heterocycles. The highest BCUT2D eigenvalue weighted by Crippen LogP contribution is 2.22. The summed E-state index contributed by atoms with van der Waals surface area (Å²) in [6.07, 6.45) is 2.76. The minimum Gasteiger partial charge on any atom is -0.392 e. The van der Waals surface area contributed by atoms with Crippen molar-refractivity contribution in [2.24, 2.45) is 0 Å². The summed E-state index contributed by atoms with van der Waals surface area (Å²) in [5.41, 5.74) is 3.29. The maximum atomic E-state index is 9.14. The van der Waals surface area contributed by atoms with Gasteiger partial charge in [-0.2, -0.15) is 0 Å². The number of hydrogen-bond acceptors (Lipinski definition) is 3. The van der Waals surface area contributed by atoms with E-state index in [1.54, 1.807) is 6.20 Å². The van der Waals surface area contributed by atoms with E-state index in [-0.39, 0.29) is 6.61 Å². The molecule has 0 aliphatic heterocycles. The Kier molecular flexibility index (Phi) is 3.95. The summed E-state index contributed by atoms with van der Waals surface area (Å²) in [4.78, 5) is 6.33. The third kappa shape index (κ3) is 2.68. The molecule has 0 aliphatic rings. The summed E-state index contributed by atoms with van der Waals surface area (Å²) in [7, 11) is 1.98. The van der Waals surface area contributed by atoms with Gasteiger partial charge in [0.05, 0.1) is 6.61 Å². The van der Waals surface area contributed by atoms with Crippen LogP contribution in [-0.2, 0) is 13.0 Å². The Labute approximate surface area is 108 Å². The quantitative estimate of drug-likeness (QED) is 0.895. The minimum atomic E-state index is 0.0398. The summed E-state index contributed by atoms with van der Waals surface area (Å²) in [5.74, 6) is 0.839. The molecule has 0 radical (unpaired) electrons.